The Morgan fingerprint density at radius 2 is 1.86 bits per heavy atom. The number of hydrogen-bond acceptors (Lipinski definition) is 6. The van der Waals surface area contributed by atoms with E-state index in [0.29, 0.717) is 31.8 Å². The van der Waals surface area contributed by atoms with Crippen molar-refractivity contribution >= 4 is 5.97 Å². The molecular weight excluding hydrogens is 456 g/mol. The molecule has 1 aromatic carbocycles. The van der Waals surface area contributed by atoms with Crippen molar-refractivity contribution in [3.63, 3.8) is 0 Å². The van der Waals surface area contributed by atoms with Crippen LogP contribution in [0.1, 0.15) is 89.2 Å². The van der Waals surface area contributed by atoms with Gasteiger partial charge in [-0.25, -0.2) is 4.79 Å². The first-order valence-electron chi connectivity index (χ1n) is 14.2. The smallest absolute Gasteiger partial charge is 0.331 e. The van der Waals surface area contributed by atoms with Crippen LogP contribution in [0, 0.1) is 17.3 Å². The van der Waals surface area contributed by atoms with E-state index in [0.717, 1.165) is 43.3 Å². The normalized spacial score (nSPS) is 28.2. The van der Waals surface area contributed by atoms with Crippen LogP contribution in [0.15, 0.2) is 18.2 Å². The minimum absolute atomic E-state index is 0.0156. The van der Waals surface area contributed by atoms with Crippen molar-refractivity contribution in [1.82, 2.24) is 0 Å². The van der Waals surface area contributed by atoms with Crippen molar-refractivity contribution in [2.24, 2.45) is 17.3 Å². The molecule has 0 radical (unpaired) electrons. The van der Waals surface area contributed by atoms with Gasteiger partial charge in [-0.05, 0) is 104 Å². The first-order valence-corrected chi connectivity index (χ1v) is 14.2. The van der Waals surface area contributed by atoms with Crippen molar-refractivity contribution in [2.45, 2.75) is 90.6 Å². The molecule has 0 bridgehead atoms. The lowest BCUT2D eigenvalue weighted by Gasteiger charge is -2.50. The number of benzene rings is 1. The summed E-state index contributed by atoms with van der Waals surface area (Å²) in [6.07, 6.45) is 10.2. The number of carbonyl (C=O) groups excluding carboxylic acids is 1. The molecule has 0 aromatic heterocycles. The highest BCUT2D eigenvalue weighted by Crippen LogP contribution is 2.61. The van der Waals surface area contributed by atoms with Gasteiger partial charge in [0.2, 0.25) is 0 Å². The van der Waals surface area contributed by atoms with Crippen LogP contribution in [0.2, 0.25) is 0 Å². The van der Waals surface area contributed by atoms with E-state index in [2.05, 4.69) is 29.9 Å². The van der Waals surface area contributed by atoms with Crippen molar-refractivity contribution in [3.05, 3.63) is 29.3 Å². The Kier molecular flexibility index (Phi) is 11.5. The summed E-state index contributed by atoms with van der Waals surface area (Å²) in [5.41, 5.74) is 3.31. The van der Waals surface area contributed by atoms with Crippen LogP contribution in [0.3, 0.4) is 0 Å². The molecule has 3 aliphatic carbocycles. The second-order valence-electron chi connectivity index (χ2n) is 10.5. The maximum Gasteiger partial charge on any atom is 0.331 e. The zero-order valence-electron chi connectivity index (χ0n) is 22.9. The Morgan fingerprint density at radius 3 is 2.64 bits per heavy atom. The van der Waals surface area contributed by atoms with Crippen LogP contribution in [0.4, 0.5) is 0 Å². The summed E-state index contributed by atoms with van der Waals surface area (Å²) in [5.74, 6) is 2.80. The number of aliphatic hydroxyl groups is 1. The van der Waals surface area contributed by atoms with Gasteiger partial charge in [0.05, 0.1) is 19.8 Å². The van der Waals surface area contributed by atoms with E-state index < -0.39 is 0 Å². The number of unbranched alkanes of at least 4 members (excludes halogenated alkanes) is 1. The van der Waals surface area contributed by atoms with Crippen LogP contribution in [0.5, 0.6) is 5.75 Å². The van der Waals surface area contributed by atoms with E-state index in [9.17, 15) is 4.79 Å². The Bertz CT molecular complexity index is 811. The zero-order valence-corrected chi connectivity index (χ0v) is 22.9. The number of aliphatic hydroxyl groups excluding tert-OH is 1. The molecule has 36 heavy (non-hydrogen) atoms. The van der Waals surface area contributed by atoms with Gasteiger partial charge in [0.1, 0.15) is 12.4 Å². The number of ether oxygens (including phenoxy) is 4. The molecule has 2 fully saturated rings. The molecule has 0 heterocycles. The van der Waals surface area contributed by atoms with Gasteiger partial charge >= 0.3 is 5.97 Å². The SMILES string of the molecule is CC.COC(=O)COCCCCOc1ccc2c(c1)CCC1C2CCC2(C)C(OCCCO)CCC12. The van der Waals surface area contributed by atoms with E-state index in [1.165, 1.54) is 44.8 Å². The summed E-state index contributed by atoms with van der Waals surface area (Å²) in [6, 6.07) is 6.74. The standard InChI is InChI=1S/C28H42O6.C2H6/c1-28-13-12-23-22-9-7-21(33-16-4-3-15-32-19-27(30)31-2)18-20(22)6-8-24(23)25(28)10-11-26(28)34-17-5-14-29;1-2/h7,9,18,23-26,29H,3-6,8,10-17,19H2,1-2H3;1-2H3. The van der Waals surface area contributed by atoms with Crippen molar-refractivity contribution in [1.29, 1.82) is 0 Å². The summed E-state index contributed by atoms with van der Waals surface area (Å²) in [6.45, 7) is 8.58. The highest BCUT2D eigenvalue weighted by molar-refractivity contribution is 5.70. The van der Waals surface area contributed by atoms with Gasteiger partial charge in [0, 0.05) is 19.8 Å². The molecule has 6 nitrogen and oxygen atoms in total. The molecule has 6 heteroatoms. The third-order valence-corrected chi connectivity index (χ3v) is 8.63. The van der Waals surface area contributed by atoms with Crippen LogP contribution in [-0.4, -0.2) is 57.3 Å². The quantitative estimate of drug-likeness (QED) is 0.291. The molecule has 5 unspecified atom stereocenters. The average molecular weight is 505 g/mol. The van der Waals surface area contributed by atoms with Crippen LogP contribution in [0.25, 0.3) is 0 Å². The molecule has 1 aromatic rings. The van der Waals surface area contributed by atoms with Crippen molar-refractivity contribution in [3.8, 4) is 5.75 Å². The minimum Gasteiger partial charge on any atom is -0.494 e. The Labute approximate surface area is 218 Å². The van der Waals surface area contributed by atoms with E-state index >= 15 is 0 Å². The first-order chi connectivity index (χ1) is 17.6. The maximum atomic E-state index is 11.0. The van der Waals surface area contributed by atoms with Gasteiger partial charge in [-0.2, -0.15) is 0 Å². The molecule has 0 spiro atoms. The fourth-order valence-electron chi connectivity index (χ4n) is 6.87. The topological polar surface area (TPSA) is 74.2 Å². The highest BCUT2D eigenvalue weighted by atomic mass is 16.6. The lowest BCUT2D eigenvalue weighted by Crippen LogP contribution is -2.44. The molecule has 3 aliphatic rings. The fourth-order valence-corrected chi connectivity index (χ4v) is 6.87. The number of methoxy groups -OCH3 is 1. The molecule has 4 rings (SSSR count). The Hall–Kier alpha value is -1.63. The minimum atomic E-state index is -0.339. The second-order valence-corrected chi connectivity index (χ2v) is 10.5. The zero-order chi connectivity index (χ0) is 26.0. The van der Waals surface area contributed by atoms with Crippen LogP contribution in [-0.2, 0) is 25.4 Å². The van der Waals surface area contributed by atoms with E-state index in [1.807, 2.05) is 13.8 Å². The summed E-state index contributed by atoms with van der Waals surface area (Å²) in [4.78, 5) is 11.0. The first kappa shape index (κ1) is 28.9. The van der Waals surface area contributed by atoms with Gasteiger partial charge in [-0.1, -0.05) is 26.8 Å². The van der Waals surface area contributed by atoms with Crippen LogP contribution < -0.4 is 4.74 Å². The van der Waals surface area contributed by atoms with Gasteiger partial charge < -0.3 is 24.1 Å². The number of fused-ring (bicyclic) bond motifs is 5. The van der Waals surface area contributed by atoms with E-state index in [-0.39, 0.29) is 24.6 Å². The van der Waals surface area contributed by atoms with Gasteiger partial charge in [-0.15, -0.1) is 0 Å². The van der Waals surface area contributed by atoms with Crippen LogP contribution >= 0.6 is 0 Å². The Balaban J connectivity index is 0.00000176. The van der Waals surface area contributed by atoms with Gasteiger partial charge in [0.15, 0.2) is 0 Å². The predicted molar refractivity (Wildman–Crippen MR) is 141 cm³/mol. The number of hydrogen-bond donors (Lipinski definition) is 1. The molecular formula is C30H48O6. The van der Waals surface area contributed by atoms with Gasteiger partial charge in [0.25, 0.3) is 0 Å². The molecule has 0 saturated heterocycles. The molecule has 0 aliphatic heterocycles. The van der Waals surface area contributed by atoms with E-state index in [1.54, 1.807) is 5.56 Å². The fraction of sp³-hybridized carbons (Fsp3) is 0.767. The second kappa shape index (κ2) is 14.3. The lowest BCUT2D eigenvalue weighted by molar-refractivity contribution is -0.145. The maximum absolute atomic E-state index is 11.0. The molecule has 1 N–H and O–H groups in total. The lowest BCUT2D eigenvalue weighted by atomic mass is 9.55. The number of esters is 1. The van der Waals surface area contributed by atoms with Crippen molar-refractivity contribution < 1.29 is 28.8 Å². The molecule has 5 atom stereocenters. The third kappa shape index (κ3) is 6.81. The number of rotatable bonds is 12. The molecule has 204 valence electrons. The molecule has 2 saturated carbocycles. The largest absolute Gasteiger partial charge is 0.494 e. The third-order valence-electron chi connectivity index (χ3n) is 8.63. The summed E-state index contributed by atoms with van der Waals surface area (Å²) >= 11 is 0. The number of aryl methyl sites for hydroxylation is 1. The van der Waals surface area contributed by atoms with Gasteiger partial charge in [-0.3, -0.25) is 0 Å². The number of carbonyl (C=O) groups is 1. The Morgan fingerprint density at radius 1 is 1.06 bits per heavy atom. The monoisotopic (exact) mass is 504 g/mol. The average Bonchev–Trinajstić information content (AvgIpc) is 3.25. The summed E-state index contributed by atoms with van der Waals surface area (Å²) in [7, 11) is 1.37. The van der Waals surface area contributed by atoms with Crippen molar-refractivity contribution in [2.75, 3.05) is 40.1 Å². The molecule has 0 amide bonds. The highest BCUT2D eigenvalue weighted by Gasteiger charge is 2.55. The summed E-state index contributed by atoms with van der Waals surface area (Å²) in [5, 5.41) is 9.11. The predicted octanol–water partition coefficient (Wildman–Crippen LogP) is 5.69. The summed E-state index contributed by atoms with van der Waals surface area (Å²) < 4.78 is 22.1. The van der Waals surface area contributed by atoms with E-state index in [4.69, 9.17) is 19.3 Å².